The monoisotopic (exact) mass is 429 g/mol. The number of benzene rings is 1. The first kappa shape index (κ1) is 24.8. The van der Waals surface area contributed by atoms with Crippen LogP contribution in [0, 0.1) is 23.3 Å². The fourth-order valence-corrected chi connectivity index (χ4v) is 5.23. The summed E-state index contributed by atoms with van der Waals surface area (Å²) >= 11 is 0. The molecule has 0 aliphatic carbocycles. The van der Waals surface area contributed by atoms with Crippen LogP contribution < -0.4 is 5.12 Å². The summed E-state index contributed by atoms with van der Waals surface area (Å²) in [6.07, 6.45) is 2.36. The van der Waals surface area contributed by atoms with E-state index in [1.54, 1.807) is 0 Å². The van der Waals surface area contributed by atoms with Crippen molar-refractivity contribution in [1.29, 1.82) is 0 Å². The van der Waals surface area contributed by atoms with Crippen molar-refractivity contribution < 1.29 is 35.3 Å². The van der Waals surface area contributed by atoms with Gasteiger partial charge in [0, 0.05) is 31.9 Å². The van der Waals surface area contributed by atoms with Gasteiger partial charge in [-0.2, -0.15) is 0 Å². The molecule has 0 amide bonds. The quantitative estimate of drug-likeness (QED) is 0.128. The van der Waals surface area contributed by atoms with E-state index in [9.17, 15) is 22.0 Å². The molecule has 1 aromatic rings. The molecule has 1 rings (SSSR count). The van der Waals surface area contributed by atoms with Crippen LogP contribution in [0.4, 0.5) is 27.7 Å². The van der Waals surface area contributed by atoms with Gasteiger partial charge in [0.05, 0.1) is 6.54 Å². The highest BCUT2D eigenvalue weighted by atomic mass is 28.4. The van der Waals surface area contributed by atoms with Gasteiger partial charge >= 0.3 is 8.80 Å². The molecule has 0 aliphatic heterocycles. The minimum absolute atomic E-state index is 0.125. The second-order valence-corrected chi connectivity index (χ2v) is 8.97. The smallest absolute Gasteiger partial charge is 0.373 e. The maximum absolute atomic E-state index is 14.2. The first-order valence-corrected chi connectivity index (χ1v) is 11.4. The molecule has 0 radical (unpaired) electrons. The van der Waals surface area contributed by atoms with Crippen LogP contribution in [0.15, 0.2) is 6.07 Å². The van der Waals surface area contributed by atoms with Crippen LogP contribution in [0.5, 0.6) is 0 Å². The Bertz CT molecular complexity index is 587. The molecule has 10 heteroatoms. The summed E-state index contributed by atoms with van der Waals surface area (Å²) in [6.45, 7) is 6.66. The number of anilines is 1. The van der Waals surface area contributed by atoms with Crippen molar-refractivity contribution in [2.45, 2.75) is 52.5 Å². The Balaban J connectivity index is 2.83. The highest BCUT2D eigenvalue weighted by Crippen LogP contribution is 2.27. The number of halogens is 5. The number of nitrogens with zero attached hydrogens (tertiary/aromatic N) is 1. The summed E-state index contributed by atoms with van der Waals surface area (Å²) in [5.74, 6) is -7.47. The van der Waals surface area contributed by atoms with Crippen LogP contribution in [0.3, 0.4) is 0 Å². The zero-order valence-corrected chi connectivity index (χ0v) is 17.5. The first-order valence-electron chi connectivity index (χ1n) is 9.50. The molecular formula is C18H28F5NO3Si. The highest BCUT2D eigenvalue weighted by Gasteiger charge is 2.40. The fourth-order valence-electron chi connectivity index (χ4n) is 2.41. The molecule has 0 aromatic heterocycles. The van der Waals surface area contributed by atoms with E-state index in [0.717, 1.165) is 19.3 Å². The van der Waals surface area contributed by atoms with Gasteiger partial charge in [-0.25, -0.2) is 22.7 Å². The van der Waals surface area contributed by atoms with E-state index >= 15 is 0 Å². The summed E-state index contributed by atoms with van der Waals surface area (Å²) in [5, 5.41) is -0.153. The lowest BCUT2D eigenvalue weighted by atomic mass is 10.2. The lowest BCUT2D eigenvalue weighted by Gasteiger charge is -2.30. The summed E-state index contributed by atoms with van der Waals surface area (Å²) in [7, 11) is -3.07. The number of rotatable bonds is 14. The molecule has 0 spiro atoms. The van der Waals surface area contributed by atoms with Gasteiger partial charge in [0.15, 0.2) is 23.3 Å². The van der Waals surface area contributed by atoms with Gasteiger partial charge in [0.2, 0.25) is 0 Å². The van der Waals surface area contributed by atoms with Crippen molar-refractivity contribution in [2.75, 3.05) is 31.5 Å². The molecule has 0 saturated heterocycles. The molecule has 162 valence electrons. The molecule has 0 atom stereocenters. The molecule has 0 N–H and O–H groups in total. The van der Waals surface area contributed by atoms with Gasteiger partial charge in [-0.05, 0) is 25.7 Å². The third kappa shape index (κ3) is 6.98. The molecule has 1 aromatic carbocycles. The van der Waals surface area contributed by atoms with Crippen molar-refractivity contribution in [3.05, 3.63) is 29.3 Å². The molecule has 0 bridgehead atoms. The summed E-state index contributed by atoms with van der Waals surface area (Å²) < 4.78 is 85.2. The summed E-state index contributed by atoms with van der Waals surface area (Å²) in [4.78, 5) is 0. The van der Waals surface area contributed by atoms with E-state index in [1.807, 2.05) is 20.8 Å². The minimum atomic E-state index is -3.07. The van der Waals surface area contributed by atoms with Gasteiger partial charge < -0.3 is 13.3 Å². The maximum atomic E-state index is 14.2. The molecule has 0 unspecified atom stereocenters. The van der Waals surface area contributed by atoms with Crippen molar-refractivity contribution in [1.82, 2.24) is 0 Å². The van der Waals surface area contributed by atoms with Gasteiger partial charge in [-0.1, -0.05) is 25.3 Å². The molecular weight excluding hydrogens is 401 g/mol. The average molecular weight is 430 g/mol. The maximum Gasteiger partial charge on any atom is 0.501 e. The molecule has 0 saturated carbocycles. The Kier molecular flexibility index (Phi) is 10.9. The van der Waals surface area contributed by atoms with Gasteiger partial charge in [-0.3, -0.25) is 0 Å². The van der Waals surface area contributed by atoms with Gasteiger partial charge in [0.25, 0.3) is 0 Å². The molecule has 0 heterocycles. The molecule has 0 fully saturated rings. The Morgan fingerprint density at radius 3 is 1.79 bits per heavy atom. The highest BCUT2D eigenvalue weighted by molar-refractivity contribution is 6.60. The van der Waals surface area contributed by atoms with Crippen molar-refractivity contribution in [3.8, 4) is 0 Å². The van der Waals surface area contributed by atoms with Gasteiger partial charge in [0.1, 0.15) is 5.69 Å². The Morgan fingerprint density at radius 1 is 0.821 bits per heavy atom. The van der Waals surface area contributed by atoms with Crippen molar-refractivity contribution in [3.63, 3.8) is 0 Å². The fraction of sp³-hybridized carbons (Fsp3) is 0.667. The van der Waals surface area contributed by atoms with Crippen LogP contribution in [-0.2, 0) is 13.3 Å². The number of hydrogen-bond acceptors (Lipinski definition) is 4. The standard InChI is InChI=1S/C18H28F5NO3Si/c1-4-9-25-28(26-10-5-2,27-11-6-3)12-7-8-24(23)15-13-14(19)16(20)18(22)17(15)21/h13H,4-12H2,1-3H3. The summed E-state index contributed by atoms with van der Waals surface area (Å²) in [5.41, 5.74) is -0.998. The largest absolute Gasteiger partial charge is 0.501 e. The Morgan fingerprint density at radius 2 is 1.32 bits per heavy atom. The van der Waals surface area contributed by atoms with Crippen LogP contribution in [0.1, 0.15) is 46.5 Å². The molecule has 4 nitrogen and oxygen atoms in total. The topological polar surface area (TPSA) is 30.9 Å². The predicted molar refractivity (Wildman–Crippen MR) is 98.6 cm³/mol. The van der Waals surface area contributed by atoms with Gasteiger partial charge in [-0.15, -0.1) is 0 Å². The third-order valence-electron chi connectivity index (χ3n) is 3.76. The van der Waals surface area contributed by atoms with E-state index in [1.165, 1.54) is 0 Å². The Hall–Kier alpha value is -1.23. The lowest BCUT2D eigenvalue weighted by Crippen LogP contribution is -2.47. The van der Waals surface area contributed by atoms with Crippen LogP contribution >= 0.6 is 0 Å². The average Bonchev–Trinajstić information content (AvgIpc) is 2.69. The van der Waals surface area contributed by atoms with Crippen LogP contribution in [-0.4, -0.2) is 35.2 Å². The van der Waals surface area contributed by atoms with Crippen molar-refractivity contribution >= 4 is 14.5 Å². The lowest BCUT2D eigenvalue weighted by molar-refractivity contribution is 0.0587. The first-order chi connectivity index (χ1) is 13.3. The summed E-state index contributed by atoms with van der Waals surface area (Å²) in [6, 6.07) is 0.536. The molecule has 0 aliphatic rings. The molecule has 28 heavy (non-hydrogen) atoms. The zero-order valence-electron chi connectivity index (χ0n) is 16.5. The second kappa shape index (κ2) is 12.4. The third-order valence-corrected chi connectivity index (χ3v) is 6.66. The SMILES string of the molecule is CCCO[Si](CCCN(F)c1cc(F)c(F)c(F)c1F)(OCCC)OCCC. The second-order valence-electron chi connectivity index (χ2n) is 6.24. The number of hydrogen-bond donors (Lipinski definition) is 0. The van der Waals surface area contributed by atoms with Crippen LogP contribution in [0.25, 0.3) is 0 Å². The van der Waals surface area contributed by atoms with Crippen molar-refractivity contribution in [2.24, 2.45) is 0 Å². The minimum Gasteiger partial charge on any atom is -0.373 e. The predicted octanol–water partition coefficient (Wildman–Crippen LogP) is 5.54. The Labute approximate surface area is 163 Å². The van der Waals surface area contributed by atoms with E-state index in [2.05, 4.69) is 0 Å². The van der Waals surface area contributed by atoms with E-state index in [0.29, 0.717) is 19.8 Å². The normalized spacial score (nSPS) is 11.9. The van der Waals surface area contributed by atoms with E-state index < -0.39 is 44.3 Å². The van der Waals surface area contributed by atoms with E-state index in [4.69, 9.17) is 13.3 Å². The van der Waals surface area contributed by atoms with Crippen LogP contribution in [0.2, 0.25) is 6.04 Å². The zero-order chi connectivity index (χ0) is 21.2. The van der Waals surface area contributed by atoms with E-state index in [-0.39, 0.29) is 23.7 Å².